The Kier molecular flexibility index (Phi) is 3.42. The Balaban J connectivity index is 1.72. The van der Waals surface area contributed by atoms with Crippen LogP contribution in [0, 0.1) is 10.1 Å². The number of benzene rings is 2. The van der Waals surface area contributed by atoms with Gasteiger partial charge in [0.05, 0.1) is 22.9 Å². The van der Waals surface area contributed by atoms with Crippen LogP contribution in [0.3, 0.4) is 0 Å². The van der Waals surface area contributed by atoms with Crippen LogP contribution in [-0.4, -0.2) is 29.6 Å². The van der Waals surface area contributed by atoms with Gasteiger partial charge in [-0.15, -0.1) is 5.10 Å². The highest BCUT2D eigenvalue weighted by Crippen LogP contribution is 2.36. The molecular weight excluding hydrogens is 332 g/mol. The fourth-order valence-electron chi connectivity index (χ4n) is 2.66. The number of hydrogen-bond donors (Lipinski definition) is 0. The fourth-order valence-corrected chi connectivity index (χ4v) is 2.79. The number of hydrogen-bond acceptors (Lipinski definition) is 6. The second-order valence-electron chi connectivity index (χ2n) is 5.35. The minimum atomic E-state index is -0.427. The highest BCUT2D eigenvalue weighted by atomic mass is 35.5. The summed E-state index contributed by atoms with van der Waals surface area (Å²) >= 11 is 5.92. The normalized spacial score (nSPS) is 15.6. The third-order valence-corrected chi connectivity index (χ3v) is 4.14. The summed E-state index contributed by atoms with van der Waals surface area (Å²) in [5.41, 5.74) is 2.29. The number of nitro groups is 1. The maximum Gasteiger partial charge on any atom is 0.271 e. The number of fused-ring (bicyclic) bond motifs is 3. The van der Waals surface area contributed by atoms with Gasteiger partial charge in [-0.25, -0.2) is 0 Å². The van der Waals surface area contributed by atoms with E-state index in [0.29, 0.717) is 28.8 Å². The molecule has 0 bridgehead atoms. The summed E-state index contributed by atoms with van der Waals surface area (Å²) in [5.74, 6) is 1.22. The number of rotatable bonds is 2. The van der Waals surface area contributed by atoms with Gasteiger partial charge in [-0.05, 0) is 23.8 Å². The van der Waals surface area contributed by atoms with Gasteiger partial charge in [-0.3, -0.25) is 10.1 Å². The Labute approximate surface area is 142 Å². The first-order valence-electron chi connectivity index (χ1n) is 7.20. The van der Waals surface area contributed by atoms with E-state index in [4.69, 9.17) is 16.3 Å². The number of ether oxygens (including phenoxy) is 1. The number of halogens is 1. The predicted molar refractivity (Wildman–Crippen MR) is 91.4 cm³/mol. The van der Waals surface area contributed by atoms with Gasteiger partial charge in [0.15, 0.2) is 5.84 Å². The molecule has 0 aliphatic carbocycles. The van der Waals surface area contributed by atoms with Crippen LogP contribution in [-0.2, 0) is 0 Å². The standard InChI is InChI=1S/C16H11ClN4O3/c17-11-3-1-10(2-4-11)13-8-20-14-7-12(21(22)23)5-6-15(14)24-9-16(20)19-18-13/h1-7H,8-9H2. The van der Waals surface area contributed by atoms with Gasteiger partial charge in [-0.1, -0.05) is 23.7 Å². The second kappa shape index (κ2) is 5.61. The van der Waals surface area contributed by atoms with Crippen molar-refractivity contribution in [1.29, 1.82) is 0 Å². The first kappa shape index (κ1) is 14.6. The molecule has 24 heavy (non-hydrogen) atoms. The molecule has 2 aromatic carbocycles. The monoisotopic (exact) mass is 342 g/mol. The molecule has 120 valence electrons. The minimum Gasteiger partial charge on any atom is -0.483 e. The summed E-state index contributed by atoms with van der Waals surface area (Å²) in [6.45, 7) is 0.736. The van der Waals surface area contributed by atoms with Crippen LogP contribution in [0.1, 0.15) is 5.56 Å². The highest BCUT2D eigenvalue weighted by molar-refractivity contribution is 6.30. The van der Waals surface area contributed by atoms with E-state index >= 15 is 0 Å². The Morgan fingerprint density at radius 1 is 1.17 bits per heavy atom. The number of non-ortho nitro benzene ring substituents is 1. The summed E-state index contributed by atoms with van der Waals surface area (Å²) in [4.78, 5) is 12.5. The van der Waals surface area contributed by atoms with Crippen LogP contribution in [0.4, 0.5) is 11.4 Å². The molecule has 0 radical (unpaired) electrons. The highest BCUT2D eigenvalue weighted by Gasteiger charge is 2.29. The lowest BCUT2D eigenvalue weighted by molar-refractivity contribution is -0.384. The zero-order chi connectivity index (χ0) is 16.7. The maximum absolute atomic E-state index is 11.0. The van der Waals surface area contributed by atoms with Gasteiger partial charge < -0.3 is 9.64 Å². The predicted octanol–water partition coefficient (Wildman–Crippen LogP) is 3.26. The van der Waals surface area contributed by atoms with Crippen molar-refractivity contribution in [3.8, 4) is 5.75 Å². The van der Waals surface area contributed by atoms with Crippen LogP contribution in [0.5, 0.6) is 5.75 Å². The van der Waals surface area contributed by atoms with Gasteiger partial charge in [0.1, 0.15) is 12.4 Å². The summed E-state index contributed by atoms with van der Waals surface area (Å²) in [5, 5.41) is 20.1. The topological polar surface area (TPSA) is 80.3 Å². The molecule has 2 aromatic rings. The Morgan fingerprint density at radius 2 is 1.96 bits per heavy atom. The molecule has 0 atom stereocenters. The van der Waals surface area contributed by atoms with Crippen molar-refractivity contribution in [2.75, 3.05) is 18.1 Å². The quantitative estimate of drug-likeness (QED) is 0.619. The molecule has 0 saturated heterocycles. The smallest absolute Gasteiger partial charge is 0.271 e. The molecule has 0 aromatic heterocycles. The average molecular weight is 343 g/mol. The first-order chi connectivity index (χ1) is 11.6. The molecule has 2 aliphatic heterocycles. The van der Waals surface area contributed by atoms with Crippen LogP contribution in [0.2, 0.25) is 5.02 Å². The molecule has 0 saturated carbocycles. The molecule has 0 N–H and O–H groups in total. The van der Waals surface area contributed by atoms with Crippen molar-refractivity contribution in [3.05, 3.63) is 63.2 Å². The van der Waals surface area contributed by atoms with E-state index in [2.05, 4.69) is 10.2 Å². The van der Waals surface area contributed by atoms with Gasteiger partial charge >= 0.3 is 0 Å². The summed E-state index contributed by atoms with van der Waals surface area (Å²) < 4.78 is 5.60. The molecule has 0 fully saturated rings. The van der Waals surface area contributed by atoms with Crippen molar-refractivity contribution in [1.82, 2.24) is 0 Å². The third-order valence-electron chi connectivity index (χ3n) is 3.88. The molecule has 2 heterocycles. The van der Waals surface area contributed by atoms with Crippen molar-refractivity contribution in [2.24, 2.45) is 10.2 Å². The summed E-state index contributed by atoms with van der Waals surface area (Å²) in [6, 6.07) is 11.9. The van der Waals surface area contributed by atoms with E-state index in [0.717, 1.165) is 11.3 Å². The van der Waals surface area contributed by atoms with Gasteiger partial charge in [-0.2, -0.15) is 5.10 Å². The van der Waals surface area contributed by atoms with E-state index in [-0.39, 0.29) is 12.3 Å². The fraction of sp³-hybridized carbons (Fsp3) is 0.125. The van der Waals surface area contributed by atoms with E-state index in [9.17, 15) is 10.1 Å². The van der Waals surface area contributed by atoms with Gasteiger partial charge in [0.2, 0.25) is 0 Å². The lowest BCUT2D eigenvalue weighted by atomic mass is 10.1. The number of amidine groups is 1. The molecule has 8 heteroatoms. The Hall–Kier alpha value is -2.93. The third kappa shape index (κ3) is 2.48. The zero-order valence-corrected chi connectivity index (χ0v) is 13.1. The number of nitro benzene ring substituents is 1. The largest absolute Gasteiger partial charge is 0.483 e. The summed E-state index contributed by atoms with van der Waals surface area (Å²) in [7, 11) is 0. The van der Waals surface area contributed by atoms with E-state index in [1.54, 1.807) is 18.2 Å². The van der Waals surface area contributed by atoms with Gasteiger partial charge in [0.25, 0.3) is 5.69 Å². The molecule has 0 amide bonds. The van der Waals surface area contributed by atoms with Crippen molar-refractivity contribution in [3.63, 3.8) is 0 Å². The van der Waals surface area contributed by atoms with E-state index in [1.807, 2.05) is 17.0 Å². The van der Waals surface area contributed by atoms with Crippen molar-refractivity contribution >= 4 is 34.5 Å². The zero-order valence-electron chi connectivity index (χ0n) is 12.3. The van der Waals surface area contributed by atoms with Crippen LogP contribution < -0.4 is 9.64 Å². The molecule has 2 aliphatic rings. The molecule has 4 rings (SSSR count). The lowest BCUT2D eigenvalue weighted by Gasteiger charge is -2.33. The molecule has 7 nitrogen and oxygen atoms in total. The van der Waals surface area contributed by atoms with E-state index in [1.165, 1.54) is 12.1 Å². The second-order valence-corrected chi connectivity index (χ2v) is 5.79. The lowest BCUT2D eigenvalue weighted by Crippen LogP contribution is -2.44. The molecule has 0 spiro atoms. The van der Waals surface area contributed by atoms with Crippen LogP contribution >= 0.6 is 11.6 Å². The molecule has 0 unspecified atom stereocenters. The van der Waals surface area contributed by atoms with Crippen molar-refractivity contribution < 1.29 is 9.66 Å². The minimum absolute atomic E-state index is 0.00848. The Morgan fingerprint density at radius 3 is 2.71 bits per heavy atom. The van der Waals surface area contributed by atoms with Crippen molar-refractivity contribution in [2.45, 2.75) is 0 Å². The average Bonchev–Trinajstić information content (AvgIpc) is 2.61. The SMILES string of the molecule is O=[N+]([O-])c1ccc2c(c1)N1CC(c3ccc(Cl)cc3)=NN=C1CO2. The molecular formula is C16H11ClN4O3. The van der Waals surface area contributed by atoms with Crippen LogP contribution in [0.25, 0.3) is 0 Å². The number of nitrogens with zero attached hydrogens (tertiary/aromatic N) is 4. The van der Waals surface area contributed by atoms with Crippen LogP contribution in [0.15, 0.2) is 52.7 Å². The summed E-state index contributed by atoms with van der Waals surface area (Å²) in [6.07, 6.45) is 0. The maximum atomic E-state index is 11.0. The number of anilines is 1. The van der Waals surface area contributed by atoms with Gasteiger partial charge in [0, 0.05) is 17.2 Å². The Bertz CT molecular complexity index is 893. The first-order valence-corrected chi connectivity index (χ1v) is 7.58. The van der Waals surface area contributed by atoms with E-state index < -0.39 is 4.92 Å².